The molecule has 90 valence electrons. The number of aromatic amines is 1. The summed E-state index contributed by atoms with van der Waals surface area (Å²) >= 11 is 4.60. The summed E-state index contributed by atoms with van der Waals surface area (Å²) in [6.45, 7) is 3.94. The van der Waals surface area contributed by atoms with Crippen molar-refractivity contribution in [2.75, 3.05) is 5.32 Å². The largest absolute Gasteiger partial charge is 0.297 e. The van der Waals surface area contributed by atoms with Crippen molar-refractivity contribution in [3.05, 3.63) is 21.6 Å². The zero-order valence-electron chi connectivity index (χ0n) is 9.19. The number of hydrogen-bond acceptors (Lipinski definition) is 5. The molecule has 6 nitrogen and oxygen atoms in total. The van der Waals surface area contributed by atoms with Crippen LogP contribution in [0.1, 0.15) is 36.2 Å². The molecule has 1 amide bonds. The SMILES string of the molecule is CC(C)c1nc(C(=O)Nc2ncc(Br)s2)n[nH]1. The van der Waals surface area contributed by atoms with Crippen molar-refractivity contribution >= 4 is 38.3 Å². The van der Waals surface area contributed by atoms with Gasteiger partial charge < -0.3 is 0 Å². The molecule has 2 aromatic heterocycles. The molecule has 2 heterocycles. The number of halogens is 1. The van der Waals surface area contributed by atoms with Gasteiger partial charge in [0.05, 0.1) is 9.98 Å². The molecule has 2 rings (SSSR count). The molecule has 2 N–H and O–H groups in total. The molecule has 0 radical (unpaired) electrons. The molecule has 0 aliphatic rings. The first-order valence-electron chi connectivity index (χ1n) is 4.91. The smallest absolute Gasteiger partial charge is 0.295 e. The van der Waals surface area contributed by atoms with Gasteiger partial charge in [-0.15, -0.1) is 5.10 Å². The highest BCUT2D eigenvalue weighted by atomic mass is 79.9. The minimum absolute atomic E-state index is 0.125. The molecule has 0 aliphatic carbocycles. The van der Waals surface area contributed by atoms with Crippen LogP contribution in [0.5, 0.6) is 0 Å². The van der Waals surface area contributed by atoms with Gasteiger partial charge >= 0.3 is 0 Å². The van der Waals surface area contributed by atoms with Crippen molar-refractivity contribution in [3.8, 4) is 0 Å². The Hall–Kier alpha value is -1.28. The predicted molar refractivity (Wildman–Crippen MR) is 68.2 cm³/mol. The van der Waals surface area contributed by atoms with Crippen LogP contribution in [0.25, 0.3) is 0 Å². The average Bonchev–Trinajstić information content (AvgIpc) is 2.86. The lowest BCUT2D eigenvalue weighted by molar-refractivity contribution is 0.101. The number of nitrogens with one attached hydrogen (secondary N) is 2. The summed E-state index contributed by atoms with van der Waals surface area (Å²) in [4.78, 5) is 19.9. The first-order valence-corrected chi connectivity index (χ1v) is 6.52. The van der Waals surface area contributed by atoms with Crippen LogP contribution < -0.4 is 5.32 Å². The molecular formula is C9H10BrN5OS. The van der Waals surface area contributed by atoms with Crippen LogP contribution in [0.4, 0.5) is 5.13 Å². The minimum atomic E-state index is -0.366. The molecule has 8 heteroatoms. The summed E-state index contributed by atoms with van der Waals surface area (Å²) in [5, 5.41) is 9.72. The van der Waals surface area contributed by atoms with E-state index in [1.165, 1.54) is 11.3 Å². The lowest BCUT2D eigenvalue weighted by Crippen LogP contribution is -2.13. The monoisotopic (exact) mass is 315 g/mol. The first kappa shape index (κ1) is 12.2. The standard InChI is InChI=1S/C9H10BrN5OS/c1-4(2)6-12-7(15-14-6)8(16)13-9-11-3-5(10)17-9/h3-4H,1-2H3,(H,11,13,16)(H,12,14,15). The Morgan fingerprint density at radius 1 is 1.59 bits per heavy atom. The van der Waals surface area contributed by atoms with E-state index in [0.29, 0.717) is 11.0 Å². The van der Waals surface area contributed by atoms with Gasteiger partial charge in [0.25, 0.3) is 5.91 Å². The van der Waals surface area contributed by atoms with E-state index in [0.717, 1.165) is 3.79 Å². The molecule has 0 aliphatic heterocycles. The van der Waals surface area contributed by atoms with Crippen molar-refractivity contribution in [2.45, 2.75) is 19.8 Å². The molecule has 0 saturated heterocycles. The molecule has 0 spiro atoms. The van der Waals surface area contributed by atoms with Crippen LogP contribution in [0.2, 0.25) is 0 Å². The van der Waals surface area contributed by atoms with Gasteiger partial charge in [-0.3, -0.25) is 15.2 Å². The van der Waals surface area contributed by atoms with E-state index in [2.05, 4.69) is 41.4 Å². The normalized spacial score (nSPS) is 10.8. The van der Waals surface area contributed by atoms with Gasteiger partial charge in [-0.2, -0.15) is 0 Å². The second-order valence-corrected chi connectivity index (χ2v) is 6.03. The van der Waals surface area contributed by atoms with Gasteiger partial charge in [0.1, 0.15) is 5.82 Å². The molecule has 0 aromatic carbocycles. The lowest BCUT2D eigenvalue weighted by atomic mass is 10.2. The Kier molecular flexibility index (Phi) is 3.53. The molecule has 0 atom stereocenters. The number of aromatic nitrogens is 4. The topological polar surface area (TPSA) is 83.6 Å². The third kappa shape index (κ3) is 2.89. The fourth-order valence-electron chi connectivity index (χ4n) is 1.10. The van der Waals surface area contributed by atoms with E-state index >= 15 is 0 Å². The third-order valence-electron chi connectivity index (χ3n) is 1.95. The van der Waals surface area contributed by atoms with Crippen molar-refractivity contribution in [1.29, 1.82) is 0 Å². The summed E-state index contributed by atoms with van der Waals surface area (Å²) in [5.74, 6) is 0.656. The van der Waals surface area contributed by atoms with E-state index in [-0.39, 0.29) is 17.6 Å². The van der Waals surface area contributed by atoms with Crippen molar-refractivity contribution < 1.29 is 4.79 Å². The number of nitrogens with zero attached hydrogens (tertiary/aromatic N) is 3. The average molecular weight is 316 g/mol. The summed E-state index contributed by atoms with van der Waals surface area (Å²) in [7, 11) is 0. The first-order chi connectivity index (χ1) is 8.06. The summed E-state index contributed by atoms with van der Waals surface area (Å²) in [6.07, 6.45) is 1.62. The summed E-state index contributed by atoms with van der Waals surface area (Å²) < 4.78 is 0.852. The van der Waals surface area contributed by atoms with E-state index in [4.69, 9.17) is 0 Å². The van der Waals surface area contributed by atoms with Gasteiger partial charge in [-0.1, -0.05) is 25.2 Å². The summed E-state index contributed by atoms with van der Waals surface area (Å²) in [5.41, 5.74) is 0. The molecule has 2 aromatic rings. The fourth-order valence-corrected chi connectivity index (χ4v) is 2.20. The predicted octanol–water partition coefficient (Wildman–Crippen LogP) is 2.40. The van der Waals surface area contributed by atoms with Crippen LogP contribution in [-0.4, -0.2) is 26.1 Å². The number of rotatable bonds is 3. The summed E-state index contributed by atoms with van der Waals surface area (Å²) in [6, 6.07) is 0. The Morgan fingerprint density at radius 3 is 2.88 bits per heavy atom. The second-order valence-electron chi connectivity index (χ2n) is 3.62. The number of carbonyl (C=O) groups excluding carboxylic acids is 1. The second kappa shape index (κ2) is 4.92. The van der Waals surface area contributed by atoms with Crippen LogP contribution in [0, 0.1) is 0 Å². The molecule has 0 bridgehead atoms. The maximum absolute atomic E-state index is 11.8. The number of anilines is 1. The fraction of sp³-hybridized carbons (Fsp3) is 0.333. The third-order valence-corrected chi connectivity index (χ3v) is 3.34. The highest BCUT2D eigenvalue weighted by Gasteiger charge is 2.15. The maximum Gasteiger partial charge on any atom is 0.297 e. The minimum Gasteiger partial charge on any atom is -0.295 e. The lowest BCUT2D eigenvalue weighted by Gasteiger charge is -1.96. The van der Waals surface area contributed by atoms with E-state index in [1.807, 2.05) is 13.8 Å². The number of amides is 1. The van der Waals surface area contributed by atoms with Crippen molar-refractivity contribution in [3.63, 3.8) is 0 Å². The van der Waals surface area contributed by atoms with Crippen LogP contribution in [0.15, 0.2) is 9.98 Å². The van der Waals surface area contributed by atoms with Crippen LogP contribution in [0.3, 0.4) is 0 Å². The Morgan fingerprint density at radius 2 is 2.35 bits per heavy atom. The van der Waals surface area contributed by atoms with E-state index < -0.39 is 0 Å². The Labute approximate surface area is 110 Å². The molecular weight excluding hydrogens is 306 g/mol. The van der Waals surface area contributed by atoms with Gasteiger partial charge in [0.2, 0.25) is 5.82 Å². The number of H-pyrrole nitrogens is 1. The Balaban J connectivity index is 2.09. The zero-order valence-corrected chi connectivity index (χ0v) is 11.6. The van der Waals surface area contributed by atoms with Crippen LogP contribution >= 0.6 is 27.3 Å². The molecule has 0 fully saturated rings. The highest BCUT2D eigenvalue weighted by molar-refractivity contribution is 9.11. The highest BCUT2D eigenvalue weighted by Crippen LogP contribution is 2.23. The van der Waals surface area contributed by atoms with E-state index in [9.17, 15) is 4.79 Å². The van der Waals surface area contributed by atoms with Gasteiger partial charge in [0, 0.05) is 5.92 Å². The van der Waals surface area contributed by atoms with Gasteiger partial charge in [-0.25, -0.2) is 9.97 Å². The molecule has 0 unspecified atom stereocenters. The number of hydrogen-bond donors (Lipinski definition) is 2. The van der Waals surface area contributed by atoms with Gasteiger partial charge in [0.15, 0.2) is 5.13 Å². The molecule has 17 heavy (non-hydrogen) atoms. The zero-order chi connectivity index (χ0) is 12.4. The van der Waals surface area contributed by atoms with Crippen molar-refractivity contribution in [2.24, 2.45) is 0 Å². The maximum atomic E-state index is 11.8. The molecule has 0 saturated carbocycles. The van der Waals surface area contributed by atoms with Gasteiger partial charge in [-0.05, 0) is 15.9 Å². The number of thiazole rings is 1. The van der Waals surface area contributed by atoms with Crippen molar-refractivity contribution in [1.82, 2.24) is 20.2 Å². The van der Waals surface area contributed by atoms with Crippen LogP contribution in [-0.2, 0) is 0 Å². The Bertz CT molecular complexity index is 535. The quantitative estimate of drug-likeness (QED) is 0.911. The van der Waals surface area contributed by atoms with E-state index in [1.54, 1.807) is 6.20 Å². The number of carbonyl (C=O) groups is 1.